The van der Waals surface area contributed by atoms with Crippen molar-refractivity contribution in [3.8, 4) is 0 Å². The minimum Gasteiger partial charge on any atom is -0.480 e. The summed E-state index contributed by atoms with van der Waals surface area (Å²) in [7, 11) is 2.12. The minimum atomic E-state index is -1.00. The number of hydrogen-bond donors (Lipinski definition) is 4. The fraction of sp³-hybridized carbons (Fsp3) is 0.778. The van der Waals surface area contributed by atoms with Crippen molar-refractivity contribution >= 4 is 11.9 Å². The average molecular weight is 371 g/mol. The van der Waals surface area contributed by atoms with Gasteiger partial charge >= 0.3 is 5.97 Å². The maximum atomic E-state index is 10.2. The predicted molar refractivity (Wildman–Crippen MR) is 107 cm³/mol. The molecular formula is C18H38N6O2. The first-order valence-corrected chi connectivity index (χ1v) is 9.53. The van der Waals surface area contributed by atoms with E-state index in [0.29, 0.717) is 19.4 Å². The zero-order chi connectivity index (χ0) is 19.8. The zero-order valence-electron chi connectivity index (χ0n) is 16.4. The number of aliphatic carboxylic acids is 1. The fourth-order valence-electron chi connectivity index (χ4n) is 2.47. The molecule has 7 N–H and O–H groups in total. The molecule has 1 heterocycles. The highest BCUT2D eigenvalue weighted by Gasteiger charge is 2.09. The molecule has 0 amide bonds. The van der Waals surface area contributed by atoms with E-state index in [1.165, 1.54) is 45.1 Å². The second kappa shape index (κ2) is 15.3. The number of aliphatic imine (C=N–C) groups is 1. The molecule has 26 heavy (non-hydrogen) atoms. The van der Waals surface area contributed by atoms with Crippen molar-refractivity contribution in [1.29, 1.82) is 0 Å². The third-order valence-corrected chi connectivity index (χ3v) is 4.02. The summed E-state index contributed by atoms with van der Waals surface area (Å²) in [5.41, 5.74) is 15.3. The van der Waals surface area contributed by atoms with Crippen molar-refractivity contribution in [3.05, 3.63) is 12.4 Å². The molecule has 152 valence electrons. The third kappa shape index (κ3) is 14.4. The van der Waals surface area contributed by atoms with Gasteiger partial charge in [0.1, 0.15) is 6.04 Å². The number of rotatable bonds is 12. The zero-order valence-corrected chi connectivity index (χ0v) is 16.4. The summed E-state index contributed by atoms with van der Waals surface area (Å²) in [6.07, 6.45) is 13.6. The Balaban J connectivity index is 0.000000488. The Labute approximate surface area is 158 Å². The molecule has 8 nitrogen and oxygen atoms in total. The van der Waals surface area contributed by atoms with E-state index in [9.17, 15) is 4.79 Å². The number of guanidine groups is 1. The van der Waals surface area contributed by atoms with Crippen molar-refractivity contribution in [2.24, 2.45) is 22.2 Å². The first-order chi connectivity index (χ1) is 12.4. The number of carbonyl (C=O) groups is 1. The van der Waals surface area contributed by atoms with E-state index in [4.69, 9.17) is 22.3 Å². The van der Waals surface area contributed by atoms with Gasteiger partial charge < -0.3 is 32.1 Å². The highest BCUT2D eigenvalue weighted by molar-refractivity contribution is 5.75. The molecular weight excluding hydrogens is 332 g/mol. The van der Waals surface area contributed by atoms with Crippen LogP contribution >= 0.6 is 0 Å². The van der Waals surface area contributed by atoms with Gasteiger partial charge in [0.25, 0.3) is 0 Å². The molecule has 0 aromatic heterocycles. The van der Waals surface area contributed by atoms with Gasteiger partial charge in [-0.1, -0.05) is 39.0 Å². The minimum absolute atomic E-state index is 0.0129. The van der Waals surface area contributed by atoms with Crippen LogP contribution in [0.1, 0.15) is 58.3 Å². The SMILES string of the molecule is CCCCCCCCN1C=CN(C)C1.NC(N)=NCCCC(N)C(=O)O. The number of carboxylic acids is 1. The summed E-state index contributed by atoms with van der Waals surface area (Å²) in [6, 6.07) is -0.820. The lowest BCUT2D eigenvalue weighted by molar-refractivity contribution is -0.138. The third-order valence-electron chi connectivity index (χ3n) is 4.02. The van der Waals surface area contributed by atoms with Gasteiger partial charge in [0.15, 0.2) is 5.96 Å². The monoisotopic (exact) mass is 370 g/mol. The normalized spacial score (nSPS) is 14.0. The molecule has 8 heteroatoms. The van der Waals surface area contributed by atoms with Gasteiger partial charge in [-0.15, -0.1) is 0 Å². The summed E-state index contributed by atoms with van der Waals surface area (Å²) in [5.74, 6) is -0.987. The molecule has 0 radical (unpaired) electrons. The molecule has 0 aliphatic carbocycles. The van der Waals surface area contributed by atoms with Crippen LogP contribution < -0.4 is 17.2 Å². The molecule has 0 aromatic rings. The van der Waals surface area contributed by atoms with Gasteiger partial charge in [0.05, 0.1) is 6.67 Å². The van der Waals surface area contributed by atoms with E-state index in [1.807, 2.05) is 0 Å². The van der Waals surface area contributed by atoms with Crippen LogP contribution in [0.3, 0.4) is 0 Å². The molecule has 0 saturated carbocycles. The first-order valence-electron chi connectivity index (χ1n) is 9.53. The summed E-state index contributed by atoms with van der Waals surface area (Å²) in [4.78, 5) is 18.5. The van der Waals surface area contributed by atoms with Crippen LogP contribution in [0.15, 0.2) is 17.4 Å². The molecule has 1 aliphatic heterocycles. The Bertz CT molecular complexity index is 424. The Morgan fingerprint density at radius 3 is 2.35 bits per heavy atom. The largest absolute Gasteiger partial charge is 0.480 e. The van der Waals surface area contributed by atoms with Crippen LogP contribution in [0, 0.1) is 0 Å². The maximum Gasteiger partial charge on any atom is 0.320 e. The molecule has 0 spiro atoms. The molecule has 1 aliphatic rings. The molecule has 1 unspecified atom stereocenters. The van der Waals surface area contributed by atoms with Crippen molar-refractivity contribution in [2.75, 3.05) is 26.8 Å². The maximum absolute atomic E-state index is 10.2. The lowest BCUT2D eigenvalue weighted by Gasteiger charge is -2.17. The van der Waals surface area contributed by atoms with Crippen molar-refractivity contribution in [3.63, 3.8) is 0 Å². The number of hydrogen-bond acceptors (Lipinski definition) is 5. The summed E-state index contributed by atoms with van der Waals surface area (Å²) in [5, 5.41) is 8.38. The Morgan fingerprint density at radius 1 is 1.15 bits per heavy atom. The standard InChI is InChI=1S/C12H24N2.C6H14N4O2/c1-3-4-5-6-7-8-9-14-11-10-13(2)12-14;7-4(5(11)12)2-1-3-10-6(8)9/h10-11H,3-9,12H2,1-2H3;4H,1-3,7H2,(H,11,12)(H4,8,9,10). The first kappa shape index (κ1) is 24.0. The number of nitrogens with zero attached hydrogens (tertiary/aromatic N) is 3. The summed E-state index contributed by atoms with van der Waals surface area (Å²) < 4.78 is 0. The van der Waals surface area contributed by atoms with Gasteiger partial charge in [0, 0.05) is 32.5 Å². The molecule has 0 aromatic carbocycles. The Kier molecular flexibility index (Phi) is 14.2. The lowest BCUT2D eigenvalue weighted by atomic mass is 10.1. The van der Waals surface area contributed by atoms with Crippen LogP contribution in [-0.4, -0.2) is 59.7 Å². The quantitative estimate of drug-likeness (QED) is 0.232. The highest BCUT2D eigenvalue weighted by Crippen LogP contribution is 2.08. The van der Waals surface area contributed by atoms with Crippen molar-refractivity contribution in [2.45, 2.75) is 64.3 Å². The van der Waals surface area contributed by atoms with Crippen molar-refractivity contribution < 1.29 is 9.90 Å². The van der Waals surface area contributed by atoms with E-state index in [-0.39, 0.29) is 5.96 Å². The number of carboxylic acid groups (broad SMARTS) is 1. The summed E-state index contributed by atoms with van der Waals surface area (Å²) in [6.45, 7) is 5.00. The van der Waals surface area contributed by atoms with Crippen LogP contribution in [0.5, 0.6) is 0 Å². The molecule has 1 rings (SSSR count). The van der Waals surface area contributed by atoms with Crippen LogP contribution in [0.25, 0.3) is 0 Å². The summed E-state index contributed by atoms with van der Waals surface area (Å²) >= 11 is 0. The van der Waals surface area contributed by atoms with E-state index >= 15 is 0 Å². The smallest absolute Gasteiger partial charge is 0.320 e. The number of nitrogens with two attached hydrogens (primary N) is 3. The topological polar surface area (TPSA) is 134 Å². The predicted octanol–water partition coefficient (Wildman–Crippen LogP) is 1.47. The number of unbranched alkanes of at least 4 members (excludes halogenated alkanes) is 5. The highest BCUT2D eigenvalue weighted by atomic mass is 16.4. The van der Waals surface area contributed by atoms with Crippen LogP contribution in [0.4, 0.5) is 0 Å². The van der Waals surface area contributed by atoms with E-state index in [1.54, 1.807) is 0 Å². The van der Waals surface area contributed by atoms with Gasteiger partial charge in [0.2, 0.25) is 0 Å². The Morgan fingerprint density at radius 2 is 1.81 bits per heavy atom. The van der Waals surface area contributed by atoms with E-state index in [0.717, 1.165) is 6.67 Å². The molecule has 0 fully saturated rings. The second-order valence-electron chi connectivity index (χ2n) is 6.67. The van der Waals surface area contributed by atoms with Gasteiger partial charge in [-0.2, -0.15) is 0 Å². The van der Waals surface area contributed by atoms with E-state index < -0.39 is 12.0 Å². The van der Waals surface area contributed by atoms with Gasteiger partial charge in [-0.05, 0) is 19.3 Å². The van der Waals surface area contributed by atoms with Gasteiger partial charge in [-0.25, -0.2) is 0 Å². The average Bonchev–Trinajstić information content (AvgIpc) is 3.00. The lowest BCUT2D eigenvalue weighted by Crippen LogP contribution is -2.30. The van der Waals surface area contributed by atoms with Crippen molar-refractivity contribution in [1.82, 2.24) is 9.80 Å². The molecule has 1 atom stereocenters. The van der Waals surface area contributed by atoms with E-state index in [2.05, 4.69) is 41.2 Å². The second-order valence-corrected chi connectivity index (χ2v) is 6.67. The van der Waals surface area contributed by atoms with Crippen LogP contribution in [0.2, 0.25) is 0 Å². The van der Waals surface area contributed by atoms with Crippen LogP contribution in [-0.2, 0) is 4.79 Å². The molecule has 0 saturated heterocycles. The van der Waals surface area contributed by atoms with Gasteiger partial charge in [-0.3, -0.25) is 9.79 Å². The molecule has 0 bridgehead atoms. The fourth-order valence-corrected chi connectivity index (χ4v) is 2.47. The Hall–Kier alpha value is -1.96.